The van der Waals surface area contributed by atoms with Crippen LogP contribution in [0, 0.1) is 0 Å². The van der Waals surface area contributed by atoms with Gasteiger partial charge in [-0.2, -0.15) is 0 Å². The van der Waals surface area contributed by atoms with Crippen molar-refractivity contribution in [2.45, 2.75) is 13.3 Å². The molecule has 0 aromatic carbocycles. The van der Waals surface area contributed by atoms with E-state index in [1.165, 1.54) is 0 Å². The lowest BCUT2D eigenvalue weighted by atomic mass is 10.3. The molecule has 1 rings (SSSR count). The molecule has 1 aromatic rings. The molecule has 10 heavy (non-hydrogen) atoms. The first-order valence-electron chi connectivity index (χ1n) is 3.32. The van der Waals surface area contributed by atoms with Crippen LogP contribution in [0.2, 0.25) is 0 Å². The molecule has 2 heteroatoms. The standard InChI is InChI=1S/C8H11NO/c1-2-7(9)6-8-4-3-5-10-8/h3-6H,2,9H2,1H3. The molecule has 2 nitrogen and oxygen atoms in total. The van der Waals surface area contributed by atoms with E-state index in [0.29, 0.717) is 0 Å². The lowest BCUT2D eigenvalue weighted by molar-refractivity contribution is 0.556. The average molecular weight is 137 g/mol. The van der Waals surface area contributed by atoms with Gasteiger partial charge in [-0.05, 0) is 24.6 Å². The molecule has 0 saturated heterocycles. The van der Waals surface area contributed by atoms with Gasteiger partial charge in [0.2, 0.25) is 0 Å². The predicted molar refractivity (Wildman–Crippen MR) is 41.2 cm³/mol. The molecular formula is C8H11NO. The minimum absolute atomic E-state index is 0.819. The zero-order valence-electron chi connectivity index (χ0n) is 6.00. The fourth-order valence-corrected chi connectivity index (χ4v) is 0.658. The van der Waals surface area contributed by atoms with Crippen LogP contribution in [0.3, 0.4) is 0 Å². The third kappa shape index (κ3) is 1.65. The first kappa shape index (κ1) is 6.93. The zero-order chi connectivity index (χ0) is 7.40. The predicted octanol–water partition coefficient (Wildman–Crippen LogP) is 1.99. The average Bonchev–Trinajstić information content (AvgIpc) is 2.40. The van der Waals surface area contributed by atoms with Crippen LogP contribution in [0.5, 0.6) is 0 Å². The number of rotatable bonds is 2. The first-order valence-corrected chi connectivity index (χ1v) is 3.32. The Bertz CT molecular complexity index is 211. The van der Waals surface area contributed by atoms with E-state index in [1.54, 1.807) is 6.26 Å². The maximum Gasteiger partial charge on any atom is 0.128 e. The van der Waals surface area contributed by atoms with Gasteiger partial charge in [0.15, 0.2) is 0 Å². The number of nitrogens with two attached hydrogens (primary N) is 1. The second kappa shape index (κ2) is 3.11. The lowest BCUT2D eigenvalue weighted by Crippen LogP contribution is -1.92. The Morgan fingerprint density at radius 1 is 1.80 bits per heavy atom. The quantitative estimate of drug-likeness (QED) is 0.677. The van der Waals surface area contributed by atoms with Gasteiger partial charge in [-0.25, -0.2) is 0 Å². The Morgan fingerprint density at radius 2 is 2.60 bits per heavy atom. The van der Waals surface area contributed by atoms with Crippen LogP contribution < -0.4 is 5.73 Å². The van der Waals surface area contributed by atoms with Crippen molar-refractivity contribution in [1.82, 2.24) is 0 Å². The highest BCUT2D eigenvalue weighted by molar-refractivity contribution is 5.45. The Hall–Kier alpha value is -1.18. The molecule has 0 radical (unpaired) electrons. The minimum Gasteiger partial charge on any atom is -0.465 e. The molecule has 0 spiro atoms. The third-order valence-corrected chi connectivity index (χ3v) is 1.28. The van der Waals surface area contributed by atoms with Crippen molar-refractivity contribution in [3.63, 3.8) is 0 Å². The van der Waals surface area contributed by atoms with Gasteiger partial charge in [0.1, 0.15) is 5.76 Å². The van der Waals surface area contributed by atoms with Crippen LogP contribution >= 0.6 is 0 Å². The summed E-state index contributed by atoms with van der Waals surface area (Å²) in [5.41, 5.74) is 6.41. The van der Waals surface area contributed by atoms with E-state index in [0.717, 1.165) is 17.9 Å². The Kier molecular flexibility index (Phi) is 2.15. The molecule has 0 unspecified atom stereocenters. The zero-order valence-corrected chi connectivity index (χ0v) is 6.00. The maximum absolute atomic E-state index is 5.57. The van der Waals surface area contributed by atoms with Gasteiger partial charge in [0.05, 0.1) is 6.26 Å². The molecule has 0 aliphatic rings. The van der Waals surface area contributed by atoms with Gasteiger partial charge >= 0.3 is 0 Å². The molecule has 0 bridgehead atoms. The fraction of sp³-hybridized carbons (Fsp3) is 0.250. The van der Waals surface area contributed by atoms with E-state index < -0.39 is 0 Å². The highest BCUT2D eigenvalue weighted by atomic mass is 16.3. The van der Waals surface area contributed by atoms with Crippen molar-refractivity contribution >= 4 is 6.08 Å². The van der Waals surface area contributed by atoms with Gasteiger partial charge in [0.25, 0.3) is 0 Å². The SMILES string of the molecule is CCC(N)=Cc1ccco1. The highest BCUT2D eigenvalue weighted by Crippen LogP contribution is 2.05. The molecule has 0 aliphatic carbocycles. The normalized spacial score (nSPS) is 11.9. The maximum atomic E-state index is 5.57. The first-order chi connectivity index (χ1) is 4.83. The molecule has 1 heterocycles. The van der Waals surface area contributed by atoms with E-state index in [-0.39, 0.29) is 0 Å². The van der Waals surface area contributed by atoms with E-state index in [4.69, 9.17) is 10.2 Å². The second-order valence-corrected chi connectivity index (χ2v) is 2.09. The summed E-state index contributed by atoms with van der Waals surface area (Å²) in [6, 6.07) is 3.72. The van der Waals surface area contributed by atoms with Crippen molar-refractivity contribution in [3.8, 4) is 0 Å². The molecule has 0 atom stereocenters. The molecule has 0 saturated carbocycles. The van der Waals surface area contributed by atoms with E-state index >= 15 is 0 Å². The monoisotopic (exact) mass is 137 g/mol. The van der Waals surface area contributed by atoms with E-state index in [2.05, 4.69) is 0 Å². The Labute approximate surface area is 60.3 Å². The van der Waals surface area contributed by atoms with Crippen LogP contribution in [-0.4, -0.2) is 0 Å². The van der Waals surface area contributed by atoms with Crippen LogP contribution in [0.15, 0.2) is 28.5 Å². The smallest absolute Gasteiger partial charge is 0.128 e. The molecule has 0 aliphatic heterocycles. The van der Waals surface area contributed by atoms with Crippen molar-refractivity contribution in [1.29, 1.82) is 0 Å². The van der Waals surface area contributed by atoms with Crippen LogP contribution in [-0.2, 0) is 0 Å². The summed E-state index contributed by atoms with van der Waals surface area (Å²) in [6.45, 7) is 2.01. The minimum atomic E-state index is 0.819. The lowest BCUT2D eigenvalue weighted by Gasteiger charge is -1.91. The molecular weight excluding hydrogens is 126 g/mol. The topological polar surface area (TPSA) is 39.2 Å². The summed E-state index contributed by atoms with van der Waals surface area (Å²) >= 11 is 0. The van der Waals surface area contributed by atoms with Crippen molar-refractivity contribution < 1.29 is 4.42 Å². The Balaban J connectivity index is 2.71. The number of hydrogen-bond acceptors (Lipinski definition) is 2. The molecule has 1 aromatic heterocycles. The Morgan fingerprint density at radius 3 is 3.10 bits per heavy atom. The van der Waals surface area contributed by atoms with Gasteiger partial charge in [0, 0.05) is 5.70 Å². The molecule has 0 amide bonds. The fourth-order valence-electron chi connectivity index (χ4n) is 0.658. The van der Waals surface area contributed by atoms with Gasteiger partial charge in [-0.3, -0.25) is 0 Å². The number of allylic oxidation sites excluding steroid dienone is 1. The van der Waals surface area contributed by atoms with Crippen molar-refractivity contribution in [2.24, 2.45) is 5.73 Å². The molecule has 54 valence electrons. The van der Waals surface area contributed by atoms with Crippen LogP contribution in [0.1, 0.15) is 19.1 Å². The van der Waals surface area contributed by atoms with Gasteiger partial charge in [-0.15, -0.1) is 0 Å². The largest absolute Gasteiger partial charge is 0.465 e. The molecule has 0 fully saturated rings. The summed E-state index contributed by atoms with van der Waals surface area (Å²) in [5.74, 6) is 0.819. The second-order valence-electron chi connectivity index (χ2n) is 2.09. The van der Waals surface area contributed by atoms with Crippen molar-refractivity contribution in [2.75, 3.05) is 0 Å². The van der Waals surface area contributed by atoms with Crippen molar-refractivity contribution in [3.05, 3.63) is 29.9 Å². The summed E-state index contributed by atoms with van der Waals surface area (Å²) in [5, 5.41) is 0. The summed E-state index contributed by atoms with van der Waals surface area (Å²) < 4.78 is 5.05. The highest BCUT2D eigenvalue weighted by Gasteiger charge is 1.89. The van der Waals surface area contributed by atoms with E-state index in [9.17, 15) is 0 Å². The summed E-state index contributed by atoms with van der Waals surface area (Å²) in [4.78, 5) is 0. The van der Waals surface area contributed by atoms with Gasteiger partial charge < -0.3 is 10.2 Å². The third-order valence-electron chi connectivity index (χ3n) is 1.28. The summed E-state index contributed by atoms with van der Waals surface area (Å²) in [6.07, 6.45) is 4.33. The molecule has 2 N–H and O–H groups in total. The van der Waals surface area contributed by atoms with E-state index in [1.807, 2.05) is 25.1 Å². The van der Waals surface area contributed by atoms with Gasteiger partial charge in [-0.1, -0.05) is 6.92 Å². The summed E-state index contributed by atoms with van der Waals surface area (Å²) in [7, 11) is 0. The number of hydrogen-bond donors (Lipinski definition) is 1. The number of furan rings is 1. The van der Waals surface area contributed by atoms with Crippen LogP contribution in [0.4, 0.5) is 0 Å². The van der Waals surface area contributed by atoms with Crippen LogP contribution in [0.25, 0.3) is 6.08 Å².